The van der Waals surface area contributed by atoms with Gasteiger partial charge in [0.15, 0.2) is 11.5 Å². The number of amides is 4. The highest BCUT2D eigenvalue weighted by atomic mass is 79.9. The number of nitrogens with zero attached hydrogens (tertiary/aromatic N) is 1. The number of carboxylic acid groups (broad SMARTS) is 1. The molecular formula is C28H23BrFN3O7. The number of carboxylic acids is 1. The van der Waals surface area contributed by atoms with Gasteiger partial charge in [-0.05, 0) is 76.5 Å². The third kappa shape index (κ3) is 6.64. The highest BCUT2D eigenvalue weighted by molar-refractivity contribution is 9.10. The summed E-state index contributed by atoms with van der Waals surface area (Å²) in [6, 6.07) is 14.3. The van der Waals surface area contributed by atoms with E-state index in [2.05, 4.69) is 26.6 Å². The Morgan fingerprint density at radius 2 is 1.82 bits per heavy atom. The normalized spacial score (nSPS) is 13.8. The first-order valence-corrected chi connectivity index (χ1v) is 12.8. The standard InChI is InChI=1S/C28H23BrFN3O7/c1-2-39-23-13-17(11-19(29)25(23)40-15-16-7-9-18(10-8-16)27(36)37)12-22-26(35)33(28(38)32-22)14-24(34)31-21-6-4-3-5-20(21)30/h3-13H,2,14-15H2,1H3,(H,31,34)(H,32,38)(H,36,37)/b22-12+. The Morgan fingerprint density at radius 1 is 1.10 bits per heavy atom. The van der Waals surface area contributed by atoms with Gasteiger partial charge in [0.1, 0.15) is 24.7 Å². The number of rotatable bonds is 10. The fourth-order valence-corrected chi connectivity index (χ4v) is 4.33. The van der Waals surface area contributed by atoms with Gasteiger partial charge in [0, 0.05) is 0 Å². The van der Waals surface area contributed by atoms with Crippen LogP contribution in [-0.2, 0) is 16.2 Å². The Bertz CT molecular complexity index is 1510. The summed E-state index contributed by atoms with van der Waals surface area (Å²) in [6.07, 6.45) is 1.43. The van der Waals surface area contributed by atoms with Crippen molar-refractivity contribution in [2.45, 2.75) is 13.5 Å². The minimum absolute atomic E-state index is 0.0646. The number of aromatic carboxylic acids is 1. The molecule has 40 heavy (non-hydrogen) atoms. The van der Waals surface area contributed by atoms with Gasteiger partial charge in [0.05, 0.1) is 22.3 Å². The number of hydrogen-bond donors (Lipinski definition) is 3. The molecule has 12 heteroatoms. The van der Waals surface area contributed by atoms with Crippen LogP contribution in [0, 0.1) is 5.82 Å². The minimum Gasteiger partial charge on any atom is -0.490 e. The molecule has 0 spiro atoms. The number of carbonyl (C=O) groups excluding carboxylic acids is 3. The largest absolute Gasteiger partial charge is 0.490 e. The lowest BCUT2D eigenvalue weighted by Crippen LogP contribution is -2.38. The van der Waals surface area contributed by atoms with Crippen molar-refractivity contribution in [1.82, 2.24) is 10.2 Å². The van der Waals surface area contributed by atoms with Gasteiger partial charge in [-0.15, -0.1) is 0 Å². The summed E-state index contributed by atoms with van der Waals surface area (Å²) < 4.78 is 26.0. The number of anilines is 1. The second-order valence-corrected chi connectivity index (χ2v) is 9.32. The quantitative estimate of drug-likeness (QED) is 0.221. The summed E-state index contributed by atoms with van der Waals surface area (Å²) in [4.78, 5) is 49.4. The molecule has 10 nitrogen and oxygen atoms in total. The number of halogens is 2. The van der Waals surface area contributed by atoms with Gasteiger partial charge in [-0.1, -0.05) is 24.3 Å². The maximum absolute atomic E-state index is 13.8. The van der Waals surface area contributed by atoms with Crippen molar-refractivity contribution in [3.8, 4) is 11.5 Å². The van der Waals surface area contributed by atoms with Gasteiger partial charge in [-0.2, -0.15) is 0 Å². The molecule has 3 aromatic carbocycles. The summed E-state index contributed by atoms with van der Waals surface area (Å²) in [5, 5.41) is 13.8. The molecule has 3 aromatic rings. The molecule has 4 amide bonds. The highest BCUT2D eigenvalue weighted by Gasteiger charge is 2.35. The second kappa shape index (κ2) is 12.4. The average Bonchev–Trinajstić information content (AvgIpc) is 3.17. The Labute approximate surface area is 236 Å². The van der Waals surface area contributed by atoms with Crippen LogP contribution in [0.5, 0.6) is 11.5 Å². The van der Waals surface area contributed by atoms with Gasteiger partial charge < -0.3 is 25.2 Å². The van der Waals surface area contributed by atoms with Gasteiger partial charge in [0.25, 0.3) is 5.91 Å². The molecule has 0 aliphatic carbocycles. The molecule has 0 atom stereocenters. The van der Waals surface area contributed by atoms with Crippen molar-refractivity contribution in [3.63, 3.8) is 0 Å². The summed E-state index contributed by atoms with van der Waals surface area (Å²) in [6.45, 7) is 1.64. The molecule has 0 radical (unpaired) electrons. The van der Waals surface area contributed by atoms with Crippen molar-refractivity contribution >= 4 is 51.5 Å². The van der Waals surface area contributed by atoms with E-state index < -0.39 is 36.2 Å². The SMILES string of the molecule is CCOc1cc(/C=C2/NC(=O)N(CC(=O)Nc3ccccc3F)C2=O)cc(Br)c1OCc1ccc(C(=O)O)cc1. The molecule has 3 N–H and O–H groups in total. The van der Waals surface area contributed by atoms with E-state index >= 15 is 0 Å². The zero-order chi connectivity index (χ0) is 28.8. The molecule has 1 heterocycles. The molecule has 1 fully saturated rings. The van der Waals surface area contributed by atoms with E-state index in [4.69, 9.17) is 14.6 Å². The predicted octanol–water partition coefficient (Wildman–Crippen LogP) is 4.80. The van der Waals surface area contributed by atoms with E-state index in [9.17, 15) is 23.6 Å². The van der Waals surface area contributed by atoms with Gasteiger partial charge in [0.2, 0.25) is 5.91 Å². The van der Waals surface area contributed by atoms with E-state index in [0.717, 1.165) is 5.56 Å². The minimum atomic E-state index is -1.02. The first kappa shape index (κ1) is 28.3. The van der Waals surface area contributed by atoms with Crippen LogP contribution in [0.15, 0.2) is 70.8 Å². The Hall–Kier alpha value is -4.71. The van der Waals surface area contributed by atoms with Crippen LogP contribution in [0.4, 0.5) is 14.9 Å². The van der Waals surface area contributed by atoms with E-state index in [-0.39, 0.29) is 23.6 Å². The number of benzene rings is 3. The molecule has 1 aliphatic heterocycles. The van der Waals surface area contributed by atoms with Crippen molar-refractivity contribution in [2.75, 3.05) is 18.5 Å². The van der Waals surface area contributed by atoms with Crippen LogP contribution < -0.4 is 20.1 Å². The van der Waals surface area contributed by atoms with Gasteiger partial charge in [-0.3, -0.25) is 9.59 Å². The molecule has 1 aliphatic rings. The first-order valence-electron chi connectivity index (χ1n) is 12.0. The number of ether oxygens (including phenoxy) is 2. The lowest BCUT2D eigenvalue weighted by atomic mass is 10.1. The molecule has 0 unspecified atom stereocenters. The smallest absolute Gasteiger partial charge is 0.335 e. The number of hydrogen-bond acceptors (Lipinski definition) is 6. The van der Waals surface area contributed by atoms with Crippen LogP contribution in [0.2, 0.25) is 0 Å². The highest BCUT2D eigenvalue weighted by Crippen LogP contribution is 2.38. The van der Waals surface area contributed by atoms with Crippen LogP contribution in [-0.4, -0.2) is 47.0 Å². The predicted molar refractivity (Wildman–Crippen MR) is 146 cm³/mol. The zero-order valence-electron chi connectivity index (χ0n) is 21.1. The van der Waals surface area contributed by atoms with Gasteiger partial charge in [-0.25, -0.2) is 18.9 Å². The fraction of sp³-hybridized carbons (Fsp3) is 0.143. The molecule has 0 saturated carbocycles. The number of carbonyl (C=O) groups is 4. The summed E-state index contributed by atoms with van der Waals surface area (Å²) in [5.41, 5.74) is 1.27. The van der Waals surface area contributed by atoms with Crippen molar-refractivity contribution in [1.29, 1.82) is 0 Å². The van der Waals surface area contributed by atoms with Crippen molar-refractivity contribution < 1.29 is 38.1 Å². The number of imide groups is 1. The fourth-order valence-electron chi connectivity index (χ4n) is 3.75. The van der Waals surface area contributed by atoms with Crippen LogP contribution >= 0.6 is 15.9 Å². The van der Waals surface area contributed by atoms with Crippen molar-refractivity contribution in [3.05, 3.63) is 93.3 Å². The maximum atomic E-state index is 13.8. The number of urea groups is 1. The van der Waals surface area contributed by atoms with E-state index in [1.54, 1.807) is 31.2 Å². The molecule has 0 aromatic heterocycles. The van der Waals surface area contributed by atoms with E-state index in [1.807, 2.05) is 0 Å². The summed E-state index contributed by atoms with van der Waals surface area (Å²) >= 11 is 3.45. The number of nitrogens with one attached hydrogen (secondary N) is 2. The van der Waals surface area contributed by atoms with Crippen LogP contribution in [0.25, 0.3) is 6.08 Å². The monoisotopic (exact) mass is 611 g/mol. The third-order valence-corrected chi connectivity index (χ3v) is 6.23. The lowest BCUT2D eigenvalue weighted by molar-refractivity contribution is -0.127. The molecule has 1 saturated heterocycles. The Morgan fingerprint density at radius 3 is 2.50 bits per heavy atom. The Kier molecular flexibility index (Phi) is 8.80. The maximum Gasteiger partial charge on any atom is 0.335 e. The molecule has 206 valence electrons. The second-order valence-electron chi connectivity index (χ2n) is 8.46. The Balaban J connectivity index is 1.48. The van der Waals surface area contributed by atoms with Crippen LogP contribution in [0.1, 0.15) is 28.4 Å². The molecule has 0 bridgehead atoms. The van der Waals surface area contributed by atoms with Crippen LogP contribution in [0.3, 0.4) is 0 Å². The third-order valence-electron chi connectivity index (χ3n) is 5.64. The van der Waals surface area contributed by atoms with Crippen molar-refractivity contribution in [2.24, 2.45) is 0 Å². The first-order chi connectivity index (χ1) is 19.2. The average molecular weight is 612 g/mol. The van der Waals surface area contributed by atoms with Gasteiger partial charge >= 0.3 is 12.0 Å². The topological polar surface area (TPSA) is 134 Å². The van der Waals surface area contributed by atoms with E-state index in [0.29, 0.717) is 33.0 Å². The van der Waals surface area contributed by atoms with E-state index in [1.165, 1.54) is 42.5 Å². The summed E-state index contributed by atoms with van der Waals surface area (Å²) in [5.74, 6) is -2.39. The lowest BCUT2D eigenvalue weighted by Gasteiger charge is -2.15. The molecule has 4 rings (SSSR count). The zero-order valence-corrected chi connectivity index (χ0v) is 22.7. The summed E-state index contributed by atoms with van der Waals surface area (Å²) in [7, 11) is 0. The number of para-hydroxylation sites is 1. The molecular weight excluding hydrogens is 589 g/mol.